The van der Waals surface area contributed by atoms with Crippen LogP contribution >= 0.6 is 11.6 Å². The molecule has 2 aromatic rings. The molecule has 0 unspecified atom stereocenters. The fraction of sp³-hybridized carbons (Fsp3) is 0.391. The van der Waals surface area contributed by atoms with Gasteiger partial charge >= 0.3 is 0 Å². The molecular formula is C23H27ClN2O4. The van der Waals surface area contributed by atoms with Gasteiger partial charge in [-0.15, -0.1) is 0 Å². The Balaban J connectivity index is 1.46. The second kappa shape index (κ2) is 10.3. The molecule has 0 spiro atoms. The van der Waals surface area contributed by atoms with Gasteiger partial charge in [0.15, 0.2) is 13.2 Å². The number of amides is 2. The van der Waals surface area contributed by atoms with Crippen molar-refractivity contribution in [3.63, 3.8) is 0 Å². The minimum absolute atomic E-state index is 0.00207. The lowest BCUT2D eigenvalue weighted by Crippen LogP contribution is -2.40. The van der Waals surface area contributed by atoms with Crippen LogP contribution in [0.4, 0.5) is 0 Å². The fourth-order valence-corrected chi connectivity index (χ4v) is 3.42. The third kappa shape index (κ3) is 5.89. The van der Waals surface area contributed by atoms with Crippen LogP contribution in [0.15, 0.2) is 42.5 Å². The zero-order chi connectivity index (χ0) is 21.5. The number of halogens is 1. The number of aryl methyl sites for hydroxylation is 1. The van der Waals surface area contributed by atoms with E-state index in [2.05, 4.69) is 0 Å². The summed E-state index contributed by atoms with van der Waals surface area (Å²) in [6.07, 6.45) is 0.724. The number of rotatable bonds is 6. The molecule has 2 aromatic carbocycles. The van der Waals surface area contributed by atoms with Crippen molar-refractivity contribution in [2.45, 2.75) is 20.3 Å². The second-order valence-electron chi connectivity index (χ2n) is 7.34. The van der Waals surface area contributed by atoms with E-state index < -0.39 is 0 Å². The SMILES string of the molecule is Cc1cccc(OCC(=O)N2CCCN(C(=O)COc3ccc(Cl)cc3)CC2)c1C. The predicted octanol–water partition coefficient (Wildman–Crippen LogP) is 3.48. The quantitative estimate of drug-likeness (QED) is 0.704. The number of nitrogens with zero attached hydrogens (tertiary/aromatic N) is 2. The smallest absolute Gasteiger partial charge is 0.260 e. The molecule has 0 aliphatic carbocycles. The highest BCUT2D eigenvalue weighted by Gasteiger charge is 2.22. The summed E-state index contributed by atoms with van der Waals surface area (Å²) in [6, 6.07) is 12.7. The first kappa shape index (κ1) is 22.0. The van der Waals surface area contributed by atoms with Crippen molar-refractivity contribution in [1.29, 1.82) is 0 Å². The maximum atomic E-state index is 12.6. The van der Waals surface area contributed by atoms with Gasteiger partial charge in [0.25, 0.3) is 11.8 Å². The van der Waals surface area contributed by atoms with Crippen molar-refractivity contribution >= 4 is 23.4 Å². The van der Waals surface area contributed by atoms with Crippen LogP contribution in [0.1, 0.15) is 17.5 Å². The third-order valence-corrected chi connectivity index (χ3v) is 5.54. The number of carbonyl (C=O) groups is 2. The topological polar surface area (TPSA) is 59.1 Å². The molecule has 0 saturated carbocycles. The highest BCUT2D eigenvalue weighted by Crippen LogP contribution is 2.20. The van der Waals surface area contributed by atoms with Crippen LogP contribution in [-0.2, 0) is 9.59 Å². The highest BCUT2D eigenvalue weighted by molar-refractivity contribution is 6.30. The summed E-state index contributed by atoms with van der Waals surface area (Å²) in [7, 11) is 0. The summed E-state index contributed by atoms with van der Waals surface area (Å²) in [5.74, 6) is 1.17. The first-order valence-electron chi connectivity index (χ1n) is 10.1. The number of hydrogen-bond acceptors (Lipinski definition) is 4. The molecule has 1 heterocycles. The molecule has 1 fully saturated rings. The average Bonchev–Trinajstić information content (AvgIpc) is 3.00. The van der Waals surface area contributed by atoms with Gasteiger partial charge in [-0.1, -0.05) is 23.7 Å². The van der Waals surface area contributed by atoms with Crippen LogP contribution < -0.4 is 9.47 Å². The molecule has 0 bridgehead atoms. The van der Waals surface area contributed by atoms with Crippen molar-refractivity contribution in [1.82, 2.24) is 9.80 Å². The summed E-state index contributed by atoms with van der Waals surface area (Å²) in [6.45, 7) is 6.14. The molecule has 0 atom stereocenters. The highest BCUT2D eigenvalue weighted by atomic mass is 35.5. The Bertz CT molecular complexity index is 885. The Morgan fingerprint density at radius 2 is 1.47 bits per heavy atom. The van der Waals surface area contributed by atoms with E-state index in [9.17, 15) is 9.59 Å². The van der Waals surface area contributed by atoms with Gasteiger partial charge in [0.1, 0.15) is 11.5 Å². The fourth-order valence-electron chi connectivity index (χ4n) is 3.29. The molecule has 160 valence electrons. The summed E-state index contributed by atoms with van der Waals surface area (Å²) in [4.78, 5) is 28.6. The van der Waals surface area contributed by atoms with Crippen LogP contribution in [0.5, 0.6) is 11.5 Å². The van der Waals surface area contributed by atoms with Crippen LogP contribution in [0, 0.1) is 13.8 Å². The summed E-state index contributed by atoms with van der Waals surface area (Å²) in [5, 5.41) is 0.618. The molecular weight excluding hydrogens is 404 g/mol. The van der Waals surface area contributed by atoms with Gasteiger partial charge in [0, 0.05) is 31.2 Å². The van der Waals surface area contributed by atoms with E-state index in [1.807, 2.05) is 32.0 Å². The third-order valence-electron chi connectivity index (χ3n) is 5.28. The zero-order valence-corrected chi connectivity index (χ0v) is 18.2. The minimum atomic E-state index is -0.0918. The van der Waals surface area contributed by atoms with Crippen molar-refractivity contribution in [3.8, 4) is 11.5 Å². The van der Waals surface area contributed by atoms with Crippen molar-refractivity contribution in [2.75, 3.05) is 39.4 Å². The monoisotopic (exact) mass is 430 g/mol. The van der Waals surface area contributed by atoms with Crippen LogP contribution in [-0.4, -0.2) is 61.0 Å². The lowest BCUT2D eigenvalue weighted by Gasteiger charge is -2.22. The van der Waals surface area contributed by atoms with Gasteiger partial charge in [0.05, 0.1) is 0 Å². The second-order valence-corrected chi connectivity index (χ2v) is 7.78. The Hall–Kier alpha value is -2.73. The summed E-state index contributed by atoms with van der Waals surface area (Å²) < 4.78 is 11.3. The number of ether oxygens (including phenoxy) is 2. The predicted molar refractivity (Wildman–Crippen MR) is 116 cm³/mol. The number of carbonyl (C=O) groups excluding carboxylic acids is 2. The largest absolute Gasteiger partial charge is 0.484 e. The van der Waals surface area contributed by atoms with Gasteiger partial charge in [-0.3, -0.25) is 9.59 Å². The van der Waals surface area contributed by atoms with E-state index in [1.54, 1.807) is 34.1 Å². The summed E-state index contributed by atoms with van der Waals surface area (Å²) >= 11 is 5.85. The van der Waals surface area contributed by atoms with E-state index in [4.69, 9.17) is 21.1 Å². The Kier molecular flexibility index (Phi) is 7.57. The minimum Gasteiger partial charge on any atom is -0.484 e. The molecule has 1 aliphatic heterocycles. The van der Waals surface area contributed by atoms with Crippen molar-refractivity contribution in [3.05, 3.63) is 58.6 Å². The molecule has 0 radical (unpaired) electrons. The lowest BCUT2D eigenvalue weighted by atomic mass is 10.1. The van der Waals surface area contributed by atoms with Crippen LogP contribution in [0.25, 0.3) is 0 Å². The van der Waals surface area contributed by atoms with Crippen molar-refractivity contribution in [2.24, 2.45) is 0 Å². The zero-order valence-electron chi connectivity index (χ0n) is 17.4. The molecule has 7 heteroatoms. The van der Waals surface area contributed by atoms with E-state index in [0.29, 0.717) is 37.0 Å². The molecule has 0 N–H and O–H groups in total. The molecule has 30 heavy (non-hydrogen) atoms. The summed E-state index contributed by atoms with van der Waals surface area (Å²) in [5.41, 5.74) is 2.17. The van der Waals surface area contributed by atoms with Gasteiger partial charge in [-0.25, -0.2) is 0 Å². The maximum absolute atomic E-state index is 12.6. The molecule has 6 nitrogen and oxygen atoms in total. The van der Waals surface area contributed by atoms with Crippen molar-refractivity contribution < 1.29 is 19.1 Å². The van der Waals surface area contributed by atoms with Gasteiger partial charge in [-0.2, -0.15) is 0 Å². The number of benzene rings is 2. The Morgan fingerprint density at radius 3 is 2.10 bits per heavy atom. The standard InChI is InChI=1S/C23H27ClN2O4/c1-17-5-3-6-21(18(17)2)30-16-23(28)26-12-4-11-25(13-14-26)22(27)15-29-20-9-7-19(24)8-10-20/h3,5-10H,4,11-16H2,1-2H3. The first-order chi connectivity index (χ1) is 14.4. The Morgan fingerprint density at radius 1 is 0.867 bits per heavy atom. The molecule has 3 rings (SSSR count). The van der Waals surface area contributed by atoms with Crippen LogP contribution in [0.3, 0.4) is 0 Å². The van der Waals surface area contributed by atoms with E-state index in [-0.39, 0.29) is 25.0 Å². The molecule has 1 aliphatic rings. The Labute approximate surface area is 182 Å². The van der Waals surface area contributed by atoms with E-state index in [1.165, 1.54) is 0 Å². The van der Waals surface area contributed by atoms with Crippen LogP contribution in [0.2, 0.25) is 5.02 Å². The van der Waals surface area contributed by atoms with E-state index >= 15 is 0 Å². The van der Waals surface area contributed by atoms with E-state index in [0.717, 1.165) is 23.3 Å². The molecule has 2 amide bonds. The molecule has 1 saturated heterocycles. The lowest BCUT2D eigenvalue weighted by molar-refractivity contribution is -0.135. The maximum Gasteiger partial charge on any atom is 0.260 e. The number of hydrogen-bond donors (Lipinski definition) is 0. The first-order valence-corrected chi connectivity index (χ1v) is 10.4. The molecule has 0 aromatic heterocycles. The van der Waals surface area contributed by atoms with Gasteiger partial charge < -0.3 is 19.3 Å². The van der Waals surface area contributed by atoms with Gasteiger partial charge in [0.2, 0.25) is 0 Å². The van der Waals surface area contributed by atoms with Gasteiger partial charge in [-0.05, 0) is 61.7 Å². The average molecular weight is 431 g/mol. The normalized spacial score (nSPS) is 14.2.